The second-order valence-corrected chi connectivity index (χ2v) is 10.5. The number of hydrogen-bond donors (Lipinski definition) is 5. The lowest BCUT2D eigenvalue weighted by Crippen LogP contribution is -2.44. The number of nitrogens with two attached hydrogens (primary N) is 1. The Morgan fingerprint density at radius 3 is 1.36 bits per heavy atom. The summed E-state index contributed by atoms with van der Waals surface area (Å²) < 4.78 is 0. The molecule has 0 spiro atoms. The van der Waals surface area contributed by atoms with Crippen LogP contribution < -0.4 is 16.4 Å². The summed E-state index contributed by atoms with van der Waals surface area (Å²) in [5, 5.41) is 22.9. The van der Waals surface area contributed by atoms with Crippen LogP contribution in [0.15, 0.2) is 0 Å². The lowest BCUT2D eigenvalue weighted by atomic mass is 10.0. The molecule has 10 nitrogen and oxygen atoms in total. The van der Waals surface area contributed by atoms with Crippen LogP contribution in [0.25, 0.3) is 0 Å². The molecule has 0 aliphatic rings. The Kier molecular flexibility index (Phi) is 23.0. The summed E-state index contributed by atoms with van der Waals surface area (Å²) in [7, 11) is 0. The van der Waals surface area contributed by atoms with Crippen LogP contribution in [0.2, 0.25) is 0 Å². The van der Waals surface area contributed by atoms with E-state index in [2.05, 4.69) is 10.6 Å². The number of ketones is 1. The third kappa shape index (κ3) is 23.1. The van der Waals surface area contributed by atoms with E-state index in [9.17, 15) is 29.1 Å². The molecule has 0 aliphatic carbocycles. The third-order valence-electron chi connectivity index (χ3n) is 6.90. The second-order valence-electron chi connectivity index (χ2n) is 10.5. The van der Waals surface area contributed by atoms with Gasteiger partial charge in [0.1, 0.15) is 6.04 Å². The average molecular weight is 556 g/mol. The van der Waals surface area contributed by atoms with Gasteiger partial charge in [0, 0.05) is 19.3 Å². The molecule has 0 unspecified atom stereocenters. The number of hydrogen-bond acceptors (Lipinski definition) is 6. The van der Waals surface area contributed by atoms with Crippen LogP contribution in [-0.2, 0) is 24.0 Å². The molecule has 0 radical (unpaired) electrons. The lowest BCUT2D eigenvalue weighted by Gasteiger charge is -2.16. The minimum absolute atomic E-state index is 0.0490. The molecule has 0 bridgehead atoms. The van der Waals surface area contributed by atoms with Gasteiger partial charge in [0.2, 0.25) is 11.8 Å². The Morgan fingerprint density at radius 1 is 0.590 bits per heavy atom. The number of carbonyl (C=O) groups excluding carboxylic acids is 3. The molecule has 0 aromatic rings. The van der Waals surface area contributed by atoms with Gasteiger partial charge in [0.15, 0.2) is 5.78 Å². The summed E-state index contributed by atoms with van der Waals surface area (Å²) in [5.74, 6) is -2.98. The Labute approximate surface area is 234 Å². The van der Waals surface area contributed by atoms with Crippen LogP contribution in [0.5, 0.6) is 0 Å². The molecule has 2 atom stereocenters. The SMILES string of the molecule is C[C@H](NC(=O)CC[C@H](NC(=O)CCCCCCCCCCCCCCCCCCC(=O)O)C(=O)O)C(=O)CN. The summed E-state index contributed by atoms with van der Waals surface area (Å²) in [6.45, 7) is 1.34. The molecule has 0 heterocycles. The van der Waals surface area contributed by atoms with E-state index in [0.29, 0.717) is 12.8 Å². The van der Waals surface area contributed by atoms with Gasteiger partial charge in [-0.3, -0.25) is 19.2 Å². The highest BCUT2D eigenvalue weighted by Crippen LogP contribution is 2.14. The fourth-order valence-electron chi connectivity index (χ4n) is 4.41. The van der Waals surface area contributed by atoms with Crippen molar-refractivity contribution in [3.8, 4) is 0 Å². The van der Waals surface area contributed by atoms with Crippen LogP contribution in [0, 0.1) is 0 Å². The average Bonchev–Trinajstić information content (AvgIpc) is 2.89. The zero-order chi connectivity index (χ0) is 29.3. The van der Waals surface area contributed by atoms with E-state index in [1.807, 2.05) is 0 Å². The number of unbranched alkanes of at least 4 members (excludes halogenated alkanes) is 15. The smallest absolute Gasteiger partial charge is 0.326 e. The molecule has 0 aliphatic heterocycles. The molecule has 226 valence electrons. The fraction of sp³-hybridized carbons (Fsp3) is 0.828. The van der Waals surface area contributed by atoms with Gasteiger partial charge >= 0.3 is 11.9 Å². The number of nitrogens with one attached hydrogen (secondary N) is 2. The zero-order valence-corrected chi connectivity index (χ0v) is 24.0. The molecule has 0 rings (SSSR count). The summed E-state index contributed by atoms with van der Waals surface area (Å²) >= 11 is 0. The summed E-state index contributed by atoms with van der Waals surface area (Å²) in [5.41, 5.74) is 5.26. The highest BCUT2D eigenvalue weighted by atomic mass is 16.4. The van der Waals surface area contributed by atoms with Gasteiger partial charge in [0.05, 0.1) is 12.6 Å². The van der Waals surface area contributed by atoms with Crippen molar-refractivity contribution >= 4 is 29.5 Å². The summed E-state index contributed by atoms with van der Waals surface area (Å²) in [6.07, 6.45) is 18.4. The number of carbonyl (C=O) groups is 5. The molecule has 39 heavy (non-hydrogen) atoms. The van der Waals surface area contributed by atoms with Gasteiger partial charge < -0.3 is 26.6 Å². The first-order valence-electron chi connectivity index (χ1n) is 14.9. The summed E-state index contributed by atoms with van der Waals surface area (Å²) in [4.78, 5) is 57.4. The molecule has 0 saturated heterocycles. The normalized spacial score (nSPS) is 12.5. The first kappa shape index (κ1) is 36.5. The van der Waals surface area contributed by atoms with Crippen LogP contribution in [0.4, 0.5) is 0 Å². The van der Waals surface area contributed by atoms with Gasteiger partial charge in [-0.1, -0.05) is 89.9 Å². The van der Waals surface area contributed by atoms with Crippen molar-refractivity contribution in [2.45, 2.75) is 147 Å². The minimum Gasteiger partial charge on any atom is -0.481 e. The highest BCUT2D eigenvalue weighted by Gasteiger charge is 2.22. The monoisotopic (exact) mass is 555 g/mol. The van der Waals surface area contributed by atoms with Crippen molar-refractivity contribution in [2.75, 3.05) is 6.54 Å². The molecule has 0 aromatic heterocycles. The first-order chi connectivity index (χ1) is 18.7. The van der Waals surface area contributed by atoms with Gasteiger partial charge in [-0.05, 0) is 26.2 Å². The molecule has 2 amide bonds. The highest BCUT2D eigenvalue weighted by molar-refractivity contribution is 5.90. The van der Waals surface area contributed by atoms with Gasteiger partial charge in [-0.25, -0.2) is 4.79 Å². The van der Waals surface area contributed by atoms with Crippen molar-refractivity contribution < 1.29 is 34.2 Å². The van der Waals surface area contributed by atoms with E-state index < -0.39 is 29.9 Å². The maximum atomic E-state index is 12.1. The number of Topliss-reactive ketones (excluding diaryl/α,β-unsaturated/α-hetero) is 1. The van der Waals surface area contributed by atoms with Crippen molar-refractivity contribution in [3.63, 3.8) is 0 Å². The molecule has 6 N–H and O–H groups in total. The van der Waals surface area contributed by atoms with Crippen molar-refractivity contribution in [2.24, 2.45) is 5.73 Å². The number of carboxylic acids is 2. The molecular weight excluding hydrogens is 502 g/mol. The molecule has 10 heteroatoms. The van der Waals surface area contributed by atoms with Gasteiger partial charge in [-0.15, -0.1) is 0 Å². The predicted molar refractivity (Wildman–Crippen MR) is 151 cm³/mol. The Bertz CT molecular complexity index is 715. The van der Waals surface area contributed by atoms with Crippen molar-refractivity contribution in [1.82, 2.24) is 10.6 Å². The minimum atomic E-state index is -1.19. The number of rotatable bonds is 27. The Balaban J connectivity index is 3.65. The topological polar surface area (TPSA) is 176 Å². The van der Waals surface area contributed by atoms with E-state index in [1.54, 1.807) is 0 Å². The lowest BCUT2D eigenvalue weighted by molar-refractivity contribution is -0.142. The van der Waals surface area contributed by atoms with Gasteiger partial charge in [0.25, 0.3) is 0 Å². The third-order valence-corrected chi connectivity index (χ3v) is 6.90. The van der Waals surface area contributed by atoms with Crippen LogP contribution >= 0.6 is 0 Å². The molecule has 0 saturated carbocycles. The van der Waals surface area contributed by atoms with Crippen molar-refractivity contribution in [3.05, 3.63) is 0 Å². The zero-order valence-electron chi connectivity index (χ0n) is 24.0. The van der Waals surface area contributed by atoms with Crippen molar-refractivity contribution in [1.29, 1.82) is 0 Å². The first-order valence-corrected chi connectivity index (χ1v) is 14.9. The van der Waals surface area contributed by atoms with E-state index >= 15 is 0 Å². The van der Waals surface area contributed by atoms with E-state index in [1.165, 1.54) is 64.7 Å². The number of carboxylic acid groups (broad SMARTS) is 2. The van der Waals surface area contributed by atoms with Crippen LogP contribution in [0.1, 0.15) is 135 Å². The summed E-state index contributed by atoms with van der Waals surface area (Å²) in [6, 6.07) is -1.87. The maximum Gasteiger partial charge on any atom is 0.326 e. The fourth-order valence-corrected chi connectivity index (χ4v) is 4.41. The van der Waals surface area contributed by atoms with E-state index in [0.717, 1.165) is 38.5 Å². The van der Waals surface area contributed by atoms with E-state index in [-0.39, 0.29) is 37.5 Å². The Hall–Kier alpha value is -2.49. The predicted octanol–water partition coefficient (Wildman–Crippen LogP) is 4.47. The quantitative estimate of drug-likeness (QED) is 0.0922. The largest absolute Gasteiger partial charge is 0.481 e. The number of aliphatic carboxylic acids is 2. The van der Waals surface area contributed by atoms with E-state index in [4.69, 9.17) is 10.8 Å². The molecule has 0 fully saturated rings. The van der Waals surface area contributed by atoms with Crippen LogP contribution in [0.3, 0.4) is 0 Å². The molecular formula is C29H53N3O7. The second kappa shape index (κ2) is 24.5. The number of amides is 2. The molecule has 0 aromatic carbocycles. The Morgan fingerprint density at radius 2 is 0.974 bits per heavy atom. The van der Waals surface area contributed by atoms with Crippen LogP contribution in [-0.4, -0.2) is 58.4 Å². The maximum absolute atomic E-state index is 12.1. The van der Waals surface area contributed by atoms with Gasteiger partial charge in [-0.2, -0.15) is 0 Å². The standard InChI is InChI=1S/C29H53N3O7/c1-23(25(33)22-30)31-27(35)21-20-24(29(38)39)32-26(34)18-16-14-12-10-8-6-4-2-3-5-7-9-11-13-15-17-19-28(36)37/h23-24H,2-22,30H2,1H3,(H,31,35)(H,32,34)(H,36,37)(H,38,39)/t23-,24-/m0/s1.